The van der Waals surface area contributed by atoms with E-state index in [1.54, 1.807) is 0 Å². The Bertz CT molecular complexity index is 1320. The van der Waals surface area contributed by atoms with Gasteiger partial charge in [-0.05, 0) is 49.8 Å². The Balaban J connectivity index is 1.44. The van der Waals surface area contributed by atoms with Crippen LogP contribution in [0.1, 0.15) is 41.4 Å². The first-order chi connectivity index (χ1) is 17.9. The van der Waals surface area contributed by atoms with Gasteiger partial charge in [-0.25, -0.2) is 9.97 Å². The topological polar surface area (TPSA) is 130 Å². The lowest BCUT2D eigenvalue weighted by molar-refractivity contribution is -0.134. The van der Waals surface area contributed by atoms with E-state index in [1.807, 2.05) is 13.0 Å². The molecule has 1 saturated carbocycles. The second-order valence-electron chi connectivity index (χ2n) is 9.89. The number of benzene rings is 1. The molecule has 5 rings (SSSR count). The second-order valence-corrected chi connectivity index (χ2v) is 9.89. The molecule has 0 unspecified atom stereocenters. The number of rotatable bonds is 9. The molecule has 2 atom stereocenters. The van der Waals surface area contributed by atoms with Crippen molar-refractivity contribution in [3.05, 3.63) is 41.3 Å². The molecule has 1 aliphatic carbocycles. The van der Waals surface area contributed by atoms with Crippen molar-refractivity contribution in [2.45, 2.75) is 45.3 Å². The average molecular weight is 508 g/mol. The van der Waals surface area contributed by atoms with Gasteiger partial charge in [0.2, 0.25) is 5.91 Å². The zero-order valence-electron chi connectivity index (χ0n) is 21.4. The predicted octanol–water partition coefficient (Wildman–Crippen LogP) is 2.23. The molecule has 2 aromatic heterocycles. The summed E-state index contributed by atoms with van der Waals surface area (Å²) in [6.45, 7) is 4.87. The van der Waals surface area contributed by atoms with Crippen molar-refractivity contribution in [2.75, 3.05) is 33.4 Å². The highest BCUT2D eigenvalue weighted by Crippen LogP contribution is 2.37. The number of carbonyl (C=O) groups excluding carboxylic acids is 2. The van der Waals surface area contributed by atoms with E-state index in [4.69, 9.17) is 9.47 Å². The predicted molar refractivity (Wildman–Crippen MR) is 137 cm³/mol. The molecule has 2 aliphatic rings. The first-order valence-corrected chi connectivity index (χ1v) is 12.7. The number of carbonyl (C=O) groups is 2. The Morgan fingerprint density at radius 1 is 1.24 bits per heavy atom. The van der Waals surface area contributed by atoms with Gasteiger partial charge in [0.15, 0.2) is 0 Å². The molecule has 3 heterocycles. The minimum atomic E-state index is -0.872. The fourth-order valence-electron chi connectivity index (χ4n) is 4.79. The molecular weight excluding hydrogens is 474 g/mol. The molecule has 1 aromatic carbocycles. The van der Waals surface area contributed by atoms with Crippen LogP contribution in [-0.4, -0.2) is 82.3 Å². The van der Waals surface area contributed by atoms with E-state index >= 15 is 0 Å². The molecule has 2 fully saturated rings. The third kappa shape index (κ3) is 5.17. The quantitative estimate of drug-likeness (QED) is 0.405. The third-order valence-corrected chi connectivity index (χ3v) is 7.10. The zero-order valence-corrected chi connectivity index (χ0v) is 21.4. The normalized spacial score (nSPS) is 19.4. The molecule has 196 valence electrons. The Kier molecular flexibility index (Phi) is 7.12. The van der Waals surface area contributed by atoms with Crippen molar-refractivity contribution < 1.29 is 24.2 Å². The zero-order chi connectivity index (χ0) is 26.1. The molecule has 2 amide bonds. The van der Waals surface area contributed by atoms with Gasteiger partial charge in [-0.1, -0.05) is 13.0 Å². The average Bonchev–Trinajstić information content (AvgIpc) is 3.56. The number of ether oxygens (including phenoxy) is 2. The molecule has 1 saturated heterocycles. The van der Waals surface area contributed by atoms with Crippen LogP contribution in [0.5, 0.6) is 5.75 Å². The van der Waals surface area contributed by atoms with E-state index in [9.17, 15) is 14.7 Å². The molecule has 3 N–H and O–H groups in total. The maximum absolute atomic E-state index is 13.4. The van der Waals surface area contributed by atoms with Crippen LogP contribution in [0.2, 0.25) is 0 Å². The number of nitrogens with one attached hydrogen (secondary N) is 2. The number of aromatic amines is 1. The summed E-state index contributed by atoms with van der Waals surface area (Å²) in [7, 11) is 1.44. The third-order valence-electron chi connectivity index (χ3n) is 7.10. The molecular formula is C27H33N5O5. The number of aliphatic hydroxyl groups is 1. The summed E-state index contributed by atoms with van der Waals surface area (Å²) in [4.78, 5) is 39.4. The lowest BCUT2D eigenvalue weighted by Crippen LogP contribution is -2.43. The Labute approximate surface area is 215 Å². The van der Waals surface area contributed by atoms with E-state index < -0.39 is 12.1 Å². The Hall–Kier alpha value is -3.50. The number of nitrogens with zero attached hydrogens (tertiary/aromatic N) is 3. The minimum Gasteiger partial charge on any atom is -0.493 e. The number of aryl methyl sites for hydroxylation is 2. The van der Waals surface area contributed by atoms with E-state index in [0.717, 1.165) is 23.3 Å². The fourth-order valence-corrected chi connectivity index (χ4v) is 4.79. The highest BCUT2D eigenvalue weighted by atomic mass is 16.5. The first-order valence-electron chi connectivity index (χ1n) is 12.7. The van der Waals surface area contributed by atoms with E-state index in [1.165, 1.54) is 31.2 Å². The number of β-amino-alcohol motifs (C(OH)–C–C–N with tert-alkyl or cyclic N) is 1. The van der Waals surface area contributed by atoms with Crippen molar-refractivity contribution in [1.29, 1.82) is 0 Å². The molecule has 0 radical (unpaired) electrons. The number of hydrogen-bond acceptors (Lipinski definition) is 7. The van der Waals surface area contributed by atoms with Crippen molar-refractivity contribution in [2.24, 2.45) is 5.92 Å². The van der Waals surface area contributed by atoms with Gasteiger partial charge in [-0.2, -0.15) is 0 Å². The summed E-state index contributed by atoms with van der Waals surface area (Å²) >= 11 is 0. The summed E-state index contributed by atoms with van der Waals surface area (Å²) in [6.07, 6.45) is 3.85. The van der Waals surface area contributed by atoms with Crippen LogP contribution in [0.15, 0.2) is 24.5 Å². The molecule has 10 nitrogen and oxygen atoms in total. The number of amides is 2. The van der Waals surface area contributed by atoms with E-state index in [-0.39, 0.29) is 31.5 Å². The largest absolute Gasteiger partial charge is 0.493 e. The van der Waals surface area contributed by atoms with Crippen LogP contribution >= 0.6 is 0 Å². The van der Waals surface area contributed by atoms with Crippen LogP contribution in [0.4, 0.5) is 0 Å². The number of methoxy groups -OCH3 is 1. The summed E-state index contributed by atoms with van der Waals surface area (Å²) in [5.74, 6) is 0.773. The minimum absolute atomic E-state index is 0.0692. The van der Waals surface area contributed by atoms with Gasteiger partial charge < -0.3 is 29.8 Å². The van der Waals surface area contributed by atoms with Gasteiger partial charge in [0, 0.05) is 31.5 Å². The fraction of sp³-hybridized carbons (Fsp3) is 0.481. The summed E-state index contributed by atoms with van der Waals surface area (Å²) in [6, 6.07) is 5.55. The molecule has 3 aromatic rings. The van der Waals surface area contributed by atoms with Crippen LogP contribution in [-0.2, 0) is 16.0 Å². The van der Waals surface area contributed by atoms with Crippen molar-refractivity contribution in [1.82, 2.24) is 25.2 Å². The smallest absolute Gasteiger partial charge is 0.255 e. The molecule has 1 aliphatic heterocycles. The highest BCUT2D eigenvalue weighted by Gasteiger charge is 2.36. The summed E-state index contributed by atoms with van der Waals surface area (Å²) in [5, 5.41) is 13.4. The lowest BCUT2D eigenvalue weighted by atomic mass is 10.0. The first kappa shape index (κ1) is 25.2. The Morgan fingerprint density at radius 2 is 2.05 bits per heavy atom. The van der Waals surface area contributed by atoms with E-state index in [0.29, 0.717) is 40.5 Å². The van der Waals surface area contributed by atoms with E-state index in [2.05, 4.69) is 39.3 Å². The molecule has 37 heavy (non-hydrogen) atoms. The van der Waals surface area contributed by atoms with Crippen molar-refractivity contribution in [3.8, 4) is 17.0 Å². The number of likely N-dealkylation sites (tertiary alicyclic amines) is 1. The second kappa shape index (κ2) is 10.5. The number of fused-ring (bicyclic) bond motifs is 1. The summed E-state index contributed by atoms with van der Waals surface area (Å²) in [5.41, 5.74) is 4.86. The molecule has 0 bridgehead atoms. The van der Waals surface area contributed by atoms with Gasteiger partial charge >= 0.3 is 0 Å². The molecule has 10 heteroatoms. The Morgan fingerprint density at radius 3 is 2.78 bits per heavy atom. The van der Waals surface area contributed by atoms with Crippen LogP contribution < -0.4 is 10.1 Å². The van der Waals surface area contributed by atoms with Crippen molar-refractivity contribution in [3.63, 3.8) is 0 Å². The SMILES string of the molecule is CCc1ccc(OCC2CC2)c(-c2ncnc3c(C(=O)N[C@@H]4CN(C(=O)COC)C[C@H]4O)c(C)[nH]c23)c1. The standard InChI is InChI=1S/C27H33N5O5/c1-4-16-7-8-21(37-12-17-5-6-17)18(9-16)24-26-25(29-14-28-24)23(15(2)30-26)27(35)31-19-10-32(11-20(19)33)22(34)13-36-3/h7-9,14,17,19-20,30,33H,4-6,10-13H2,1-3H3,(H,31,35)/t19-,20-/m1/s1. The van der Waals surface area contributed by atoms with Gasteiger partial charge in [0.25, 0.3) is 5.91 Å². The van der Waals surface area contributed by atoms with Crippen molar-refractivity contribution >= 4 is 22.8 Å². The van der Waals surface area contributed by atoms with Crippen LogP contribution in [0, 0.1) is 12.8 Å². The number of hydrogen-bond donors (Lipinski definition) is 3. The number of H-pyrrole nitrogens is 1. The summed E-state index contributed by atoms with van der Waals surface area (Å²) < 4.78 is 11.1. The van der Waals surface area contributed by atoms with Crippen LogP contribution in [0.25, 0.3) is 22.3 Å². The van der Waals surface area contributed by atoms with Gasteiger partial charge in [-0.15, -0.1) is 0 Å². The maximum atomic E-state index is 13.4. The highest BCUT2D eigenvalue weighted by molar-refractivity contribution is 6.09. The number of aromatic nitrogens is 3. The van der Waals surface area contributed by atoms with Gasteiger partial charge in [0.1, 0.15) is 29.9 Å². The maximum Gasteiger partial charge on any atom is 0.255 e. The van der Waals surface area contributed by atoms with Gasteiger partial charge in [0.05, 0.1) is 29.8 Å². The molecule has 0 spiro atoms. The van der Waals surface area contributed by atoms with Crippen LogP contribution in [0.3, 0.4) is 0 Å². The monoisotopic (exact) mass is 507 g/mol. The van der Waals surface area contributed by atoms with Gasteiger partial charge in [-0.3, -0.25) is 9.59 Å². The lowest BCUT2D eigenvalue weighted by Gasteiger charge is -2.16. The number of aliphatic hydroxyl groups excluding tert-OH is 1.